The first-order chi connectivity index (χ1) is 12.8. The van der Waals surface area contributed by atoms with Gasteiger partial charge in [0, 0.05) is 16.6 Å². The molecule has 0 aliphatic heterocycles. The van der Waals surface area contributed by atoms with E-state index in [1.165, 1.54) is 23.5 Å². The lowest BCUT2D eigenvalue weighted by atomic mass is 10.2. The summed E-state index contributed by atoms with van der Waals surface area (Å²) in [5, 5.41) is 6.97. The van der Waals surface area contributed by atoms with Gasteiger partial charge in [-0.2, -0.15) is 13.2 Å². The average Bonchev–Trinajstić information content (AvgIpc) is 3.09. The highest BCUT2D eigenvalue weighted by Gasteiger charge is 2.30. The summed E-state index contributed by atoms with van der Waals surface area (Å²) in [6.07, 6.45) is -4.48. The van der Waals surface area contributed by atoms with Crippen molar-refractivity contribution in [2.75, 3.05) is 17.7 Å². The van der Waals surface area contributed by atoms with Gasteiger partial charge in [0.25, 0.3) is 0 Å². The van der Waals surface area contributed by atoms with E-state index in [0.717, 1.165) is 17.7 Å². The summed E-state index contributed by atoms with van der Waals surface area (Å²) in [6.45, 7) is 0. The van der Waals surface area contributed by atoms with Crippen molar-refractivity contribution in [1.29, 1.82) is 0 Å². The molecule has 2 N–H and O–H groups in total. The highest BCUT2D eigenvalue weighted by Crippen LogP contribution is 2.31. The number of nitrogens with one attached hydrogen (secondary N) is 2. The first-order valence-electron chi connectivity index (χ1n) is 7.70. The molecular weight excluding hydrogens is 379 g/mol. The Morgan fingerprint density at radius 1 is 1.11 bits per heavy atom. The molecule has 0 radical (unpaired) electrons. The zero-order valence-electron chi connectivity index (χ0n) is 14.0. The van der Waals surface area contributed by atoms with E-state index in [2.05, 4.69) is 15.6 Å². The van der Waals surface area contributed by atoms with Gasteiger partial charge in [-0.25, -0.2) is 9.78 Å². The maximum atomic E-state index is 12.7. The van der Waals surface area contributed by atoms with E-state index in [1.54, 1.807) is 24.6 Å². The van der Waals surface area contributed by atoms with Crippen molar-refractivity contribution in [2.24, 2.45) is 0 Å². The van der Waals surface area contributed by atoms with Crippen LogP contribution in [0.2, 0.25) is 0 Å². The summed E-state index contributed by atoms with van der Waals surface area (Å²) < 4.78 is 43.3. The number of nitrogens with zero attached hydrogens (tertiary/aromatic N) is 1. The third kappa shape index (κ3) is 4.76. The smallest absolute Gasteiger partial charge is 0.416 e. The highest BCUT2D eigenvalue weighted by atomic mass is 32.1. The minimum absolute atomic E-state index is 0.0364. The van der Waals surface area contributed by atoms with E-state index in [9.17, 15) is 18.0 Å². The van der Waals surface area contributed by atoms with E-state index >= 15 is 0 Å². The fourth-order valence-corrected chi connectivity index (χ4v) is 2.97. The number of amides is 2. The number of alkyl halides is 3. The second-order valence-electron chi connectivity index (χ2n) is 5.42. The topological polar surface area (TPSA) is 63.2 Å². The Bertz CT molecular complexity index is 940. The molecule has 0 saturated carbocycles. The summed E-state index contributed by atoms with van der Waals surface area (Å²) in [6, 6.07) is 11.0. The third-order valence-corrected chi connectivity index (χ3v) is 4.32. The average molecular weight is 393 g/mol. The molecule has 1 aromatic heterocycles. The molecular formula is C18H14F3N3O2S. The molecule has 1 heterocycles. The molecule has 0 fully saturated rings. The number of methoxy groups -OCH3 is 1. The Balaban J connectivity index is 1.66. The Labute approximate surface area is 156 Å². The largest absolute Gasteiger partial charge is 0.497 e. The zero-order valence-corrected chi connectivity index (χ0v) is 14.8. The van der Waals surface area contributed by atoms with Crippen LogP contribution in [0.25, 0.3) is 11.3 Å². The number of halogens is 3. The molecule has 0 atom stereocenters. The molecule has 0 saturated heterocycles. The fourth-order valence-electron chi connectivity index (χ4n) is 2.26. The maximum absolute atomic E-state index is 12.7. The van der Waals surface area contributed by atoms with Gasteiger partial charge >= 0.3 is 12.2 Å². The van der Waals surface area contributed by atoms with Crippen LogP contribution in [0.15, 0.2) is 53.9 Å². The quantitative estimate of drug-likeness (QED) is 0.617. The van der Waals surface area contributed by atoms with Crippen molar-refractivity contribution < 1.29 is 22.7 Å². The van der Waals surface area contributed by atoms with Gasteiger partial charge in [-0.1, -0.05) is 6.07 Å². The predicted molar refractivity (Wildman–Crippen MR) is 98.2 cm³/mol. The molecule has 9 heteroatoms. The number of hydrogen-bond donors (Lipinski definition) is 2. The summed E-state index contributed by atoms with van der Waals surface area (Å²) in [4.78, 5) is 16.3. The van der Waals surface area contributed by atoms with Crippen LogP contribution >= 0.6 is 11.3 Å². The van der Waals surface area contributed by atoms with Gasteiger partial charge in [-0.15, -0.1) is 11.3 Å². The van der Waals surface area contributed by atoms with E-state index < -0.39 is 17.8 Å². The zero-order chi connectivity index (χ0) is 19.4. The second-order valence-corrected chi connectivity index (χ2v) is 6.28. The lowest BCUT2D eigenvalue weighted by molar-refractivity contribution is -0.137. The lowest BCUT2D eigenvalue weighted by Crippen LogP contribution is -2.19. The first kappa shape index (κ1) is 18.7. The normalized spacial score (nSPS) is 11.1. The van der Waals surface area contributed by atoms with Gasteiger partial charge in [0.05, 0.1) is 18.4 Å². The molecule has 0 aliphatic carbocycles. The number of hydrogen-bond acceptors (Lipinski definition) is 4. The molecule has 140 valence electrons. The van der Waals surface area contributed by atoms with Gasteiger partial charge in [-0.05, 0) is 42.5 Å². The SMILES string of the molecule is COc1ccc(-c2csc(NC(=O)Nc3cccc(C(F)(F)F)c3)n2)cc1. The number of carbonyl (C=O) groups excluding carboxylic acids is 1. The molecule has 0 spiro atoms. The maximum Gasteiger partial charge on any atom is 0.416 e. The number of anilines is 2. The predicted octanol–water partition coefficient (Wildman–Crippen LogP) is 5.48. The molecule has 0 aliphatic rings. The van der Waals surface area contributed by atoms with Crippen LogP contribution < -0.4 is 15.4 Å². The van der Waals surface area contributed by atoms with Crippen LogP contribution in [0.4, 0.5) is 28.8 Å². The Hall–Kier alpha value is -3.07. The second kappa shape index (κ2) is 7.67. The molecule has 27 heavy (non-hydrogen) atoms. The van der Waals surface area contributed by atoms with Crippen LogP contribution in [0, 0.1) is 0 Å². The number of urea groups is 1. The van der Waals surface area contributed by atoms with Crippen LogP contribution in [0.3, 0.4) is 0 Å². The fraction of sp³-hybridized carbons (Fsp3) is 0.111. The van der Waals surface area contributed by atoms with E-state index in [1.807, 2.05) is 12.1 Å². The first-order valence-corrected chi connectivity index (χ1v) is 8.58. The number of aromatic nitrogens is 1. The summed E-state index contributed by atoms with van der Waals surface area (Å²) in [5.74, 6) is 0.716. The molecule has 5 nitrogen and oxygen atoms in total. The van der Waals surface area contributed by atoms with Crippen LogP contribution in [-0.2, 0) is 6.18 Å². The molecule has 3 aromatic rings. The van der Waals surface area contributed by atoms with Gasteiger partial charge in [0.1, 0.15) is 5.75 Å². The number of ether oxygens (including phenoxy) is 1. The Morgan fingerprint density at radius 2 is 1.85 bits per heavy atom. The molecule has 2 amide bonds. The Kier molecular flexibility index (Phi) is 5.31. The van der Waals surface area contributed by atoms with E-state index in [4.69, 9.17) is 4.74 Å². The van der Waals surface area contributed by atoms with Crippen molar-refractivity contribution in [1.82, 2.24) is 4.98 Å². The third-order valence-electron chi connectivity index (χ3n) is 3.56. The van der Waals surface area contributed by atoms with Crippen LogP contribution in [0.1, 0.15) is 5.56 Å². The number of thiazole rings is 1. The van der Waals surface area contributed by atoms with E-state index in [-0.39, 0.29) is 5.69 Å². The van der Waals surface area contributed by atoms with Gasteiger partial charge < -0.3 is 10.1 Å². The van der Waals surface area contributed by atoms with Crippen LogP contribution in [0.5, 0.6) is 5.75 Å². The monoisotopic (exact) mass is 393 g/mol. The van der Waals surface area contributed by atoms with Crippen LogP contribution in [-0.4, -0.2) is 18.1 Å². The van der Waals surface area contributed by atoms with Gasteiger partial charge in [-0.3, -0.25) is 5.32 Å². The molecule has 0 unspecified atom stereocenters. The molecule has 2 aromatic carbocycles. The Morgan fingerprint density at radius 3 is 2.52 bits per heavy atom. The minimum atomic E-state index is -4.48. The van der Waals surface area contributed by atoms with Crippen molar-refractivity contribution in [3.8, 4) is 17.0 Å². The summed E-state index contributed by atoms with van der Waals surface area (Å²) >= 11 is 1.21. The number of benzene rings is 2. The summed E-state index contributed by atoms with van der Waals surface area (Å²) in [5.41, 5.74) is 0.709. The standard InChI is InChI=1S/C18H14F3N3O2S/c1-26-14-7-5-11(6-8-14)15-10-27-17(23-15)24-16(25)22-13-4-2-3-12(9-13)18(19,20)21/h2-10H,1H3,(H2,22,23,24,25). The van der Waals surface area contributed by atoms with E-state index in [0.29, 0.717) is 16.6 Å². The lowest BCUT2D eigenvalue weighted by Gasteiger charge is -2.09. The summed E-state index contributed by atoms with van der Waals surface area (Å²) in [7, 11) is 1.57. The van der Waals surface area contributed by atoms with Crippen molar-refractivity contribution in [2.45, 2.75) is 6.18 Å². The van der Waals surface area contributed by atoms with Gasteiger partial charge in [0.2, 0.25) is 0 Å². The van der Waals surface area contributed by atoms with Crippen molar-refractivity contribution in [3.63, 3.8) is 0 Å². The number of carbonyl (C=O) groups is 1. The molecule has 3 rings (SSSR count). The molecule has 0 bridgehead atoms. The minimum Gasteiger partial charge on any atom is -0.497 e. The van der Waals surface area contributed by atoms with Gasteiger partial charge in [0.15, 0.2) is 5.13 Å². The number of rotatable bonds is 4. The van der Waals surface area contributed by atoms with Crippen molar-refractivity contribution in [3.05, 3.63) is 59.5 Å². The highest BCUT2D eigenvalue weighted by molar-refractivity contribution is 7.14. The van der Waals surface area contributed by atoms with Crippen molar-refractivity contribution >= 4 is 28.2 Å².